The van der Waals surface area contributed by atoms with Gasteiger partial charge in [0.05, 0.1) is 12.1 Å². The number of hydrogen-bond donors (Lipinski definition) is 0. The highest BCUT2D eigenvalue weighted by Gasteiger charge is 2.50. The predicted octanol–water partition coefficient (Wildman–Crippen LogP) is 6.63. The van der Waals surface area contributed by atoms with Crippen molar-refractivity contribution in [2.75, 3.05) is 18.0 Å². The molecule has 0 spiro atoms. The number of ether oxygens (including phenoxy) is 2. The van der Waals surface area contributed by atoms with E-state index < -0.39 is 12.2 Å². The highest BCUT2D eigenvalue weighted by molar-refractivity contribution is 9.10. The molecule has 2 saturated heterocycles. The van der Waals surface area contributed by atoms with Crippen molar-refractivity contribution in [3.8, 4) is 0 Å². The maximum atomic E-state index is 13.3. The lowest BCUT2D eigenvalue weighted by Crippen LogP contribution is -2.50. The van der Waals surface area contributed by atoms with Crippen molar-refractivity contribution < 1.29 is 19.1 Å². The average Bonchev–Trinajstić information content (AvgIpc) is 3.22. The summed E-state index contributed by atoms with van der Waals surface area (Å²) in [5.74, 6) is 0. The predicted molar refractivity (Wildman–Crippen MR) is 147 cm³/mol. The number of hydrogen-bond acceptors (Lipinski definition) is 5. The number of halogens is 1. The summed E-state index contributed by atoms with van der Waals surface area (Å²) in [4.78, 5) is 28.7. The molecule has 2 heterocycles. The van der Waals surface area contributed by atoms with Crippen LogP contribution in [0.1, 0.15) is 31.4 Å². The number of carbonyl (C=O) groups is 2. The molecule has 5 rings (SSSR count). The SMILES string of the molecule is CC.O=C(OCc1ccccc1)N1C2CC(CN(c3ccc(Br)cc3)C2)N1C(=O)OCc1ccccc1. The Morgan fingerprint density at radius 2 is 1.16 bits per heavy atom. The summed E-state index contributed by atoms with van der Waals surface area (Å²) in [6.07, 6.45) is -0.417. The molecular weight excluding hydrogens is 534 g/mol. The molecule has 2 fully saturated rings. The van der Waals surface area contributed by atoms with Crippen molar-refractivity contribution in [3.63, 3.8) is 0 Å². The van der Waals surface area contributed by atoms with Gasteiger partial charge in [0.15, 0.2) is 0 Å². The molecule has 194 valence electrons. The number of anilines is 1. The second kappa shape index (κ2) is 12.6. The molecule has 0 radical (unpaired) electrons. The standard InChI is InChI=1S/C27H26BrN3O4.C2H6/c28-22-11-13-23(14-12-22)29-16-24-15-25(17-29)31(27(33)35-19-21-9-5-2-6-10-21)30(24)26(32)34-18-20-7-3-1-4-8-20;1-2/h1-14,24-25H,15-19H2;1-2H3. The van der Waals surface area contributed by atoms with E-state index in [-0.39, 0.29) is 25.3 Å². The van der Waals surface area contributed by atoms with Gasteiger partial charge in [-0.05, 0) is 41.8 Å². The first-order chi connectivity index (χ1) is 18.1. The lowest BCUT2D eigenvalue weighted by molar-refractivity contribution is -0.0199. The maximum absolute atomic E-state index is 13.3. The van der Waals surface area contributed by atoms with E-state index in [1.54, 1.807) is 0 Å². The van der Waals surface area contributed by atoms with E-state index in [4.69, 9.17) is 9.47 Å². The number of piperidine rings is 1. The number of nitrogens with zero attached hydrogens (tertiary/aromatic N) is 3. The fourth-order valence-electron chi connectivity index (χ4n) is 4.66. The fraction of sp³-hybridized carbons (Fsp3) is 0.310. The molecular formula is C29H32BrN3O4. The molecule has 8 heteroatoms. The van der Waals surface area contributed by atoms with Gasteiger partial charge in [0, 0.05) is 23.2 Å². The Morgan fingerprint density at radius 1 is 0.730 bits per heavy atom. The molecule has 2 unspecified atom stereocenters. The van der Waals surface area contributed by atoms with Crippen molar-refractivity contribution in [2.24, 2.45) is 0 Å². The van der Waals surface area contributed by atoms with Crippen LogP contribution in [0.2, 0.25) is 0 Å². The molecule has 2 atom stereocenters. The van der Waals surface area contributed by atoms with Crippen molar-refractivity contribution >= 4 is 33.8 Å². The molecule has 2 aliphatic heterocycles. The lowest BCUT2D eigenvalue weighted by atomic mass is 10.0. The minimum absolute atomic E-state index is 0.136. The van der Waals surface area contributed by atoms with Gasteiger partial charge in [-0.3, -0.25) is 0 Å². The van der Waals surface area contributed by atoms with Gasteiger partial charge >= 0.3 is 12.2 Å². The molecule has 3 aromatic carbocycles. The minimum Gasteiger partial charge on any atom is -0.443 e. The van der Waals surface area contributed by atoms with Gasteiger partial charge in [0.25, 0.3) is 0 Å². The Bertz CT molecular complexity index is 1090. The Hall–Kier alpha value is -3.52. The van der Waals surface area contributed by atoms with E-state index >= 15 is 0 Å². The molecule has 3 aromatic rings. The number of carbonyl (C=O) groups excluding carboxylic acids is 2. The maximum Gasteiger partial charge on any atom is 0.429 e. The third kappa shape index (κ3) is 6.43. The molecule has 37 heavy (non-hydrogen) atoms. The molecule has 7 nitrogen and oxygen atoms in total. The first-order valence-electron chi connectivity index (χ1n) is 12.6. The van der Waals surface area contributed by atoms with Crippen LogP contribution in [0.3, 0.4) is 0 Å². The lowest BCUT2D eigenvalue weighted by Gasteiger charge is -2.32. The van der Waals surface area contributed by atoms with Crippen molar-refractivity contribution in [3.05, 3.63) is 101 Å². The van der Waals surface area contributed by atoms with Crippen LogP contribution in [0.15, 0.2) is 89.4 Å². The van der Waals surface area contributed by atoms with E-state index in [2.05, 4.69) is 20.8 Å². The van der Waals surface area contributed by atoms with Crippen LogP contribution >= 0.6 is 15.9 Å². The largest absolute Gasteiger partial charge is 0.443 e. The number of fused-ring (bicyclic) bond motifs is 2. The fourth-order valence-corrected chi connectivity index (χ4v) is 4.92. The second-order valence-corrected chi connectivity index (χ2v) is 9.61. The number of hydrazine groups is 1. The first-order valence-corrected chi connectivity index (χ1v) is 13.4. The summed E-state index contributed by atoms with van der Waals surface area (Å²) in [7, 11) is 0. The van der Waals surface area contributed by atoms with Crippen molar-refractivity contribution in [1.29, 1.82) is 0 Å². The third-order valence-corrected chi connectivity index (χ3v) is 6.84. The summed E-state index contributed by atoms with van der Waals surface area (Å²) < 4.78 is 12.3. The van der Waals surface area contributed by atoms with Crippen molar-refractivity contribution in [2.45, 2.75) is 45.6 Å². The molecule has 2 bridgehead atoms. The quantitative estimate of drug-likeness (QED) is 0.347. The summed E-state index contributed by atoms with van der Waals surface area (Å²) in [6.45, 7) is 5.47. The van der Waals surface area contributed by atoms with Crippen LogP contribution < -0.4 is 4.90 Å². The van der Waals surface area contributed by atoms with Gasteiger partial charge in [-0.15, -0.1) is 0 Å². The van der Waals surface area contributed by atoms with Crippen LogP contribution in [-0.2, 0) is 22.7 Å². The van der Waals surface area contributed by atoms with Crippen LogP contribution in [0, 0.1) is 0 Å². The van der Waals surface area contributed by atoms with Crippen LogP contribution in [0.25, 0.3) is 0 Å². The van der Waals surface area contributed by atoms with E-state index in [0.29, 0.717) is 19.5 Å². The third-order valence-electron chi connectivity index (χ3n) is 6.31. The van der Waals surface area contributed by atoms with E-state index in [9.17, 15) is 9.59 Å². The zero-order valence-corrected chi connectivity index (χ0v) is 22.7. The topological polar surface area (TPSA) is 62.3 Å². The summed E-state index contributed by atoms with van der Waals surface area (Å²) in [5.41, 5.74) is 2.82. The molecule has 0 N–H and O–H groups in total. The van der Waals surface area contributed by atoms with Crippen LogP contribution in [-0.4, -0.2) is 47.4 Å². The Labute approximate surface area is 226 Å². The summed E-state index contributed by atoms with van der Waals surface area (Å²) in [5, 5.41) is 2.92. The van der Waals surface area contributed by atoms with E-state index in [1.165, 1.54) is 10.0 Å². The Kier molecular flexibility index (Phi) is 9.06. The molecule has 0 aromatic heterocycles. The monoisotopic (exact) mass is 565 g/mol. The van der Waals surface area contributed by atoms with E-state index in [1.807, 2.05) is 98.8 Å². The second-order valence-electron chi connectivity index (χ2n) is 8.69. The normalized spacial score (nSPS) is 18.1. The van der Waals surface area contributed by atoms with Gasteiger partial charge in [0.2, 0.25) is 0 Å². The molecule has 0 saturated carbocycles. The summed E-state index contributed by atoms with van der Waals surface area (Å²) >= 11 is 3.48. The zero-order chi connectivity index (χ0) is 26.2. The number of benzene rings is 3. The Balaban J connectivity index is 0.00000156. The first kappa shape index (κ1) is 26.5. The minimum atomic E-state index is -0.546. The van der Waals surface area contributed by atoms with Gasteiger partial charge in [-0.1, -0.05) is 90.4 Å². The smallest absolute Gasteiger partial charge is 0.429 e. The zero-order valence-electron chi connectivity index (χ0n) is 21.1. The highest BCUT2D eigenvalue weighted by Crippen LogP contribution is 2.34. The molecule has 2 amide bonds. The molecule has 2 aliphatic rings. The number of amides is 2. The van der Waals surface area contributed by atoms with Crippen LogP contribution in [0.5, 0.6) is 0 Å². The highest BCUT2D eigenvalue weighted by atomic mass is 79.9. The molecule has 0 aliphatic carbocycles. The van der Waals surface area contributed by atoms with Crippen molar-refractivity contribution in [1.82, 2.24) is 10.0 Å². The summed E-state index contributed by atoms with van der Waals surface area (Å²) in [6, 6.07) is 26.7. The van der Waals surface area contributed by atoms with Gasteiger partial charge in [-0.2, -0.15) is 0 Å². The number of rotatable bonds is 5. The van der Waals surface area contributed by atoms with E-state index in [0.717, 1.165) is 21.3 Å². The van der Waals surface area contributed by atoms with Gasteiger partial charge < -0.3 is 14.4 Å². The van der Waals surface area contributed by atoms with Gasteiger partial charge in [0.1, 0.15) is 13.2 Å². The average molecular weight is 566 g/mol. The van der Waals surface area contributed by atoms with Crippen LogP contribution in [0.4, 0.5) is 15.3 Å². The van der Waals surface area contributed by atoms with Gasteiger partial charge in [-0.25, -0.2) is 19.6 Å². The Morgan fingerprint density at radius 3 is 1.59 bits per heavy atom.